The summed E-state index contributed by atoms with van der Waals surface area (Å²) in [5, 5.41) is 10.1. The van der Waals surface area contributed by atoms with Gasteiger partial charge in [-0.15, -0.1) is 0 Å². The second-order valence-corrected chi connectivity index (χ2v) is 9.00. The van der Waals surface area contributed by atoms with E-state index in [1.807, 2.05) is 4.90 Å². The van der Waals surface area contributed by atoms with Crippen molar-refractivity contribution in [2.45, 2.75) is 38.1 Å². The Balaban J connectivity index is 1.38. The highest BCUT2D eigenvalue weighted by Gasteiger charge is 2.32. The Morgan fingerprint density at radius 2 is 2.15 bits per heavy atom. The van der Waals surface area contributed by atoms with E-state index in [9.17, 15) is 14.8 Å². The van der Waals surface area contributed by atoms with Crippen molar-refractivity contribution in [1.29, 1.82) is 0 Å². The summed E-state index contributed by atoms with van der Waals surface area (Å²) in [6.07, 6.45) is 6.35. The van der Waals surface area contributed by atoms with Gasteiger partial charge in [0.05, 0.1) is 31.7 Å². The van der Waals surface area contributed by atoms with Gasteiger partial charge >= 0.3 is 0 Å². The highest BCUT2D eigenvalue weighted by atomic mass is 19.1. The Morgan fingerprint density at radius 1 is 1.33 bits per heavy atom. The van der Waals surface area contributed by atoms with Crippen LogP contribution in [0.3, 0.4) is 0 Å². The number of anilines is 2. The first kappa shape index (κ1) is 23.6. The zero-order chi connectivity index (χ0) is 23.2. The van der Waals surface area contributed by atoms with Crippen molar-refractivity contribution < 1.29 is 23.9 Å². The average molecular weight is 466 g/mol. The predicted octanol–water partition coefficient (Wildman–Crippen LogP) is 0.624. The molecule has 3 heterocycles. The molecule has 33 heavy (non-hydrogen) atoms. The van der Waals surface area contributed by atoms with Crippen molar-refractivity contribution in [1.82, 2.24) is 25.4 Å². The number of halogens is 1. The smallest absolute Gasteiger partial charge is 0.243 e. The number of nitrogens with zero attached hydrogens (tertiary/aromatic N) is 5. The first-order valence-corrected chi connectivity index (χ1v) is 11.6. The summed E-state index contributed by atoms with van der Waals surface area (Å²) in [5.74, 6) is -1.30. The molecule has 0 aromatic carbocycles. The lowest BCUT2D eigenvalue weighted by molar-refractivity contribution is -0.154. The van der Waals surface area contributed by atoms with Crippen LogP contribution in [0.5, 0.6) is 0 Å². The molecule has 2 amide bonds. The van der Waals surface area contributed by atoms with Crippen molar-refractivity contribution in [3.63, 3.8) is 0 Å². The highest BCUT2D eigenvalue weighted by molar-refractivity contribution is 5.80. The molecule has 1 saturated carbocycles. The van der Waals surface area contributed by atoms with Crippen LogP contribution in [0, 0.1) is 17.7 Å². The lowest BCUT2D eigenvalue weighted by Crippen LogP contribution is -2.58. The third kappa shape index (κ3) is 5.87. The number of nitrogens with one attached hydrogen (secondary N) is 2. The number of piperazine rings is 1. The normalized spacial score (nSPS) is 22.5. The Kier molecular flexibility index (Phi) is 7.89. The molecule has 182 valence electrons. The number of fused-ring (bicyclic) bond motifs is 1. The number of ether oxygens (including phenoxy) is 1. The van der Waals surface area contributed by atoms with Gasteiger partial charge in [0.25, 0.3) is 0 Å². The number of hydroxylamine groups is 2. The first-order valence-electron chi connectivity index (χ1n) is 11.6. The third-order valence-electron chi connectivity index (χ3n) is 6.80. The van der Waals surface area contributed by atoms with Gasteiger partial charge in [0.2, 0.25) is 18.1 Å². The summed E-state index contributed by atoms with van der Waals surface area (Å²) < 4.78 is 20.8. The maximum absolute atomic E-state index is 15.2. The molecule has 1 aliphatic carbocycles. The molecule has 1 aromatic heterocycles. The number of aromatic nitrogens is 2. The predicted molar refractivity (Wildman–Crippen MR) is 117 cm³/mol. The Morgan fingerprint density at radius 3 is 2.94 bits per heavy atom. The van der Waals surface area contributed by atoms with Gasteiger partial charge in [0.1, 0.15) is 6.33 Å². The summed E-state index contributed by atoms with van der Waals surface area (Å²) in [7, 11) is 0. The third-order valence-corrected chi connectivity index (χ3v) is 6.80. The van der Waals surface area contributed by atoms with Crippen molar-refractivity contribution >= 4 is 24.0 Å². The van der Waals surface area contributed by atoms with E-state index in [1.54, 1.807) is 0 Å². The minimum atomic E-state index is -0.646. The second kappa shape index (κ2) is 11.0. The molecule has 2 atom stereocenters. The van der Waals surface area contributed by atoms with Crippen LogP contribution in [-0.2, 0) is 14.3 Å². The summed E-state index contributed by atoms with van der Waals surface area (Å²) in [6.45, 7) is 4.11. The molecule has 3 aliphatic rings. The molecule has 0 spiro atoms. The van der Waals surface area contributed by atoms with E-state index >= 15 is 4.39 Å². The van der Waals surface area contributed by atoms with E-state index < -0.39 is 17.6 Å². The van der Waals surface area contributed by atoms with Gasteiger partial charge in [-0.3, -0.25) is 30.5 Å². The lowest BCUT2D eigenvalue weighted by atomic mass is 9.92. The second-order valence-electron chi connectivity index (χ2n) is 9.00. The van der Waals surface area contributed by atoms with Crippen LogP contribution < -0.4 is 15.8 Å². The van der Waals surface area contributed by atoms with E-state index in [0.717, 1.165) is 45.4 Å². The lowest BCUT2D eigenvalue weighted by Gasteiger charge is -2.44. The van der Waals surface area contributed by atoms with E-state index in [2.05, 4.69) is 25.7 Å². The van der Waals surface area contributed by atoms with Gasteiger partial charge in [0.15, 0.2) is 11.6 Å². The molecule has 2 aliphatic heterocycles. The molecular weight excluding hydrogens is 433 g/mol. The fraction of sp³-hybridized carbons (Fsp3) is 0.714. The first-order chi connectivity index (χ1) is 16.0. The van der Waals surface area contributed by atoms with Crippen LogP contribution in [0.4, 0.5) is 16.0 Å². The van der Waals surface area contributed by atoms with Crippen molar-refractivity contribution in [2.75, 3.05) is 56.3 Å². The number of hydrazine groups is 1. The van der Waals surface area contributed by atoms with Gasteiger partial charge < -0.3 is 9.64 Å². The molecule has 11 nitrogen and oxygen atoms in total. The van der Waals surface area contributed by atoms with Gasteiger partial charge in [-0.25, -0.2) is 15.0 Å². The maximum Gasteiger partial charge on any atom is 0.243 e. The number of rotatable bonds is 9. The zero-order valence-electron chi connectivity index (χ0n) is 18.7. The van der Waals surface area contributed by atoms with Crippen LogP contribution >= 0.6 is 0 Å². The van der Waals surface area contributed by atoms with Crippen molar-refractivity contribution in [3.8, 4) is 0 Å². The topological polar surface area (TPSA) is 123 Å². The molecule has 2 saturated heterocycles. The number of hydrogen-bond donors (Lipinski definition) is 3. The number of amides is 2. The number of carbonyl (C=O) groups excluding carboxylic acids is 2. The van der Waals surface area contributed by atoms with Gasteiger partial charge in [0, 0.05) is 26.2 Å². The molecular formula is C21H32FN7O4. The molecule has 4 rings (SSSR count). The summed E-state index contributed by atoms with van der Waals surface area (Å²) in [5.41, 5.74) is 5.07. The Bertz CT molecular complexity index is 826. The van der Waals surface area contributed by atoms with Gasteiger partial charge in [-0.1, -0.05) is 25.7 Å². The Hall–Kier alpha value is -2.57. The van der Waals surface area contributed by atoms with Crippen LogP contribution in [-0.4, -0.2) is 89.4 Å². The average Bonchev–Trinajstić information content (AvgIpc) is 3.35. The van der Waals surface area contributed by atoms with Crippen LogP contribution in [0.25, 0.3) is 0 Å². The van der Waals surface area contributed by atoms with Gasteiger partial charge in [-0.05, 0) is 12.3 Å². The van der Waals surface area contributed by atoms with Gasteiger partial charge in [-0.2, -0.15) is 4.39 Å². The minimum absolute atomic E-state index is 0.126. The number of morpholine rings is 1. The van der Waals surface area contributed by atoms with Crippen LogP contribution in [0.2, 0.25) is 0 Å². The summed E-state index contributed by atoms with van der Waals surface area (Å²) in [6, 6.07) is 0.188. The molecule has 3 N–H and O–H groups in total. The SMILES string of the molecule is O=CN(O)CC(CC1CCCC1)C(=O)NNc1ncnc(N2CCN3CCOCC3C2)c1F. The molecule has 2 unspecified atom stereocenters. The zero-order valence-corrected chi connectivity index (χ0v) is 18.7. The summed E-state index contributed by atoms with van der Waals surface area (Å²) in [4.78, 5) is 35.9. The van der Waals surface area contributed by atoms with Crippen LogP contribution in [0.15, 0.2) is 6.33 Å². The largest absolute Gasteiger partial charge is 0.378 e. The standard InChI is InChI=1S/C21H32FN7O4/c22-18-19(23-13-24-20(18)28-6-5-27-7-8-33-12-17(27)11-28)25-26-21(31)16(10-29(32)14-30)9-15-3-1-2-4-15/h13-17,32H,1-12H2,(H,26,31)(H,23,24,25). The molecule has 1 aromatic rings. The van der Waals surface area contributed by atoms with E-state index in [4.69, 9.17) is 4.74 Å². The molecule has 3 fully saturated rings. The van der Waals surface area contributed by atoms with Crippen LogP contribution in [0.1, 0.15) is 32.1 Å². The Labute approximate surface area is 192 Å². The number of carbonyl (C=O) groups is 2. The quantitative estimate of drug-likeness (QED) is 0.274. The monoisotopic (exact) mass is 465 g/mol. The number of hydrogen-bond acceptors (Lipinski definition) is 9. The van der Waals surface area contributed by atoms with E-state index in [0.29, 0.717) is 37.1 Å². The van der Waals surface area contributed by atoms with Crippen molar-refractivity contribution in [3.05, 3.63) is 12.1 Å². The highest BCUT2D eigenvalue weighted by Crippen LogP contribution is 2.31. The van der Waals surface area contributed by atoms with E-state index in [1.165, 1.54) is 6.33 Å². The maximum atomic E-state index is 15.2. The fourth-order valence-electron chi connectivity index (χ4n) is 5.01. The molecule has 12 heteroatoms. The minimum Gasteiger partial charge on any atom is -0.378 e. The van der Waals surface area contributed by atoms with E-state index in [-0.39, 0.29) is 30.6 Å². The van der Waals surface area contributed by atoms with Crippen molar-refractivity contribution in [2.24, 2.45) is 11.8 Å². The molecule has 0 bridgehead atoms. The fourth-order valence-corrected chi connectivity index (χ4v) is 5.01. The summed E-state index contributed by atoms with van der Waals surface area (Å²) >= 11 is 0. The molecule has 0 radical (unpaired) electrons.